The molecular formula is C22H16N4O4. The molecule has 2 aromatic carbocycles. The van der Waals surface area contributed by atoms with E-state index < -0.39 is 11.8 Å². The van der Waals surface area contributed by atoms with Crippen LogP contribution in [0.5, 0.6) is 11.5 Å². The van der Waals surface area contributed by atoms with Crippen LogP contribution in [0.2, 0.25) is 0 Å². The van der Waals surface area contributed by atoms with Crippen molar-refractivity contribution in [3.05, 3.63) is 65.9 Å². The van der Waals surface area contributed by atoms with Gasteiger partial charge in [-0.2, -0.15) is 5.10 Å². The lowest BCUT2D eigenvalue weighted by molar-refractivity contribution is 0.0925. The lowest BCUT2D eigenvalue weighted by Gasteiger charge is -2.18. The van der Waals surface area contributed by atoms with Crippen molar-refractivity contribution < 1.29 is 19.1 Å². The molecule has 1 N–H and O–H groups in total. The number of pyridine rings is 1. The molecule has 0 bridgehead atoms. The zero-order valence-electron chi connectivity index (χ0n) is 16.2. The molecule has 2 aromatic heterocycles. The molecule has 1 aliphatic rings. The molecule has 0 fully saturated rings. The van der Waals surface area contributed by atoms with Crippen LogP contribution in [0.25, 0.3) is 22.3 Å². The molecule has 8 heteroatoms. The first-order chi connectivity index (χ1) is 14.6. The molecule has 8 nitrogen and oxygen atoms in total. The van der Waals surface area contributed by atoms with Crippen LogP contribution in [0.3, 0.4) is 0 Å². The highest BCUT2D eigenvalue weighted by Crippen LogP contribution is 2.40. The lowest BCUT2D eigenvalue weighted by atomic mass is 10.0. The highest BCUT2D eigenvalue weighted by molar-refractivity contribution is 6.38. The second-order valence-electron chi connectivity index (χ2n) is 6.69. The van der Waals surface area contributed by atoms with Crippen molar-refractivity contribution in [2.45, 2.75) is 0 Å². The fourth-order valence-electron chi connectivity index (χ4n) is 3.70. The van der Waals surface area contributed by atoms with E-state index in [0.29, 0.717) is 33.9 Å². The number of fused-ring (bicyclic) bond motifs is 3. The molecule has 2 amide bonds. The Labute approximate surface area is 171 Å². The van der Waals surface area contributed by atoms with Gasteiger partial charge in [-0.3, -0.25) is 14.7 Å². The SMILES string of the molecule is COc1ccc(OC)c(N2C(=O)c3cnc4n[nH]c(-c5ccccc5)c4c3C2=O)c1. The van der Waals surface area contributed by atoms with E-state index in [4.69, 9.17) is 9.47 Å². The topological polar surface area (TPSA) is 97.4 Å². The van der Waals surface area contributed by atoms with Crippen molar-refractivity contribution in [2.24, 2.45) is 0 Å². The Bertz CT molecular complexity index is 1310. The highest BCUT2D eigenvalue weighted by Gasteiger charge is 2.41. The molecule has 0 atom stereocenters. The van der Waals surface area contributed by atoms with Crippen LogP contribution >= 0.6 is 0 Å². The number of carbonyl (C=O) groups is 2. The van der Waals surface area contributed by atoms with E-state index >= 15 is 0 Å². The lowest BCUT2D eigenvalue weighted by Crippen LogP contribution is -2.29. The number of aromatic nitrogens is 3. The second kappa shape index (κ2) is 6.70. The van der Waals surface area contributed by atoms with Gasteiger partial charge in [-0.05, 0) is 12.1 Å². The number of rotatable bonds is 4. The number of H-pyrrole nitrogens is 1. The third kappa shape index (κ3) is 2.47. The van der Waals surface area contributed by atoms with Gasteiger partial charge in [0.15, 0.2) is 5.65 Å². The van der Waals surface area contributed by atoms with Crippen LogP contribution in [0.15, 0.2) is 54.7 Å². The molecule has 1 aliphatic heterocycles. The minimum absolute atomic E-state index is 0.218. The van der Waals surface area contributed by atoms with Crippen molar-refractivity contribution in [3.8, 4) is 22.8 Å². The van der Waals surface area contributed by atoms with Gasteiger partial charge in [0.2, 0.25) is 0 Å². The number of ether oxygens (including phenoxy) is 2. The first-order valence-electron chi connectivity index (χ1n) is 9.17. The maximum Gasteiger partial charge on any atom is 0.267 e. The average Bonchev–Trinajstić information content (AvgIpc) is 3.32. The second-order valence-corrected chi connectivity index (χ2v) is 6.69. The molecular weight excluding hydrogens is 384 g/mol. The third-order valence-corrected chi connectivity index (χ3v) is 5.12. The van der Waals surface area contributed by atoms with Gasteiger partial charge in [0.05, 0.1) is 42.1 Å². The van der Waals surface area contributed by atoms with Gasteiger partial charge < -0.3 is 9.47 Å². The smallest absolute Gasteiger partial charge is 0.267 e. The standard InChI is InChI=1S/C22H16N4O4/c1-29-13-8-9-16(30-2)15(10-13)26-21(27)14-11-23-20-18(17(14)22(26)28)19(24-25-20)12-6-4-3-5-7-12/h3-11H,1-2H3,(H,23,24,25). The number of nitrogens with zero attached hydrogens (tertiary/aromatic N) is 3. The van der Waals surface area contributed by atoms with Gasteiger partial charge in [-0.1, -0.05) is 30.3 Å². The summed E-state index contributed by atoms with van der Waals surface area (Å²) in [6.45, 7) is 0. The molecule has 30 heavy (non-hydrogen) atoms. The Kier molecular flexibility index (Phi) is 3.99. The third-order valence-electron chi connectivity index (χ3n) is 5.12. The minimum atomic E-state index is -0.476. The monoisotopic (exact) mass is 400 g/mol. The van der Waals surface area contributed by atoms with Crippen molar-refractivity contribution in [1.82, 2.24) is 15.2 Å². The van der Waals surface area contributed by atoms with E-state index in [1.807, 2.05) is 30.3 Å². The fraction of sp³-hybridized carbons (Fsp3) is 0.0909. The van der Waals surface area contributed by atoms with Crippen molar-refractivity contribution in [3.63, 3.8) is 0 Å². The van der Waals surface area contributed by atoms with E-state index in [9.17, 15) is 9.59 Å². The first kappa shape index (κ1) is 17.9. The quantitative estimate of drug-likeness (QED) is 0.527. The maximum atomic E-state index is 13.5. The number of hydrogen-bond acceptors (Lipinski definition) is 6. The van der Waals surface area contributed by atoms with Gasteiger partial charge in [-0.15, -0.1) is 0 Å². The van der Waals surface area contributed by atoms with Gasteiger partial charge in [0, 0.05) is 17.8 Å². The minimum Gasteiger partial charge on any atom is -0.497 e. The normalized spacial score (nSPS) is 13.1. The summed E-state index contributed by atoms with van der Waals surface area (Å²) in [5.41, 5.74) is 2.64. The van der Waals surface area contributed by atoms with Crippen molar-refractivity contribution in [1.29, 1.82) is 0 Å². The number of aromatic amines is 1. The van der Waals surface area contributed by atoms with Crippen LogP contribution in [0.1, 0.15) is 20.7 Å². The summed E-state index contributed by atoms with van der Waals surface area (Å²) in [6.07, 6.45) is 1.39. The van der Waals surface area contributed by atoms with Gasteiger partial charge in [0.25, 0.3) is 11.8 Å². The Balaban J connectivity index is 1.73. The van der Waals surface area contributed by atoms with Gasteiger partial charge in [0.1, 0.15) is 11.5 Å². The molecule has 5 rings (SSSR count). The predicted molar refractivity (Wildman–Crippen MR) is 110 cm³/mol. The van der Waals surface area contributed by atoms with Crippen LogP contribution in [-0.4, -0.2) is 41.2 Å². The summed E-state index contributed by atoms with van der Waals surface area (Å²) < 4.78 is 10.6. The van der Waals surface area contributed by atoms with E-state index in [2.05, 4.69) is 15.2 Å². The largest absolute Gasteiger partial charge is 0.497 e. The summed E-state index contributed by atoms with van der Waals surface area (Å²) >= 11 is 0. The van der Waals surface area contributed by atoms with Crippen LogP contribution in [-0.2, 0) is 0 Å². The number of anilines is 1. The molecule has 3 heterocycles. The maximum absolute atomic E-state index is 13.5. The summed E-state index contributed by atoms with van der Waals surface area (Å²) in [5, 5.41) is 7.69. The molecule has 0 unspecified atom stereocenters. The molecule has 0 aliphatic carbocycles. The Morgan fingerprint density at radius 3 is 2.50 bits per heavy atom. The zero-order valence-corrected chi connectivity index (χ0v) is 16.2. The van der Waals surface area contributed by atoms with E-state index in [1.54, 1.807) is 18.2 Å². The van der Waals surface area contributed by atoms with Crippen LogP contribution in [0, 0.1) is 0 Å². The van der Waals surface area contributed by atoms with Crippen LogP contribution < -0.4 is 14.4 Å². The molecule has 0 saturated carbocycles. The number of benzene rings is 2. The summed E-state index contributed by atoms with van der Waals surface area (Å²) in [4.78, 5) is 32.1. The summed E-state index contributed by atoms with van der Waals surface area (Å²) in [6, 6.07) is 14.4. The number of methoxy groups -OCH3 is 2. The number of nitrogens with one attached hydrogen (secondary N) is 1. The first-order valence-corrected chi connectivity index (χ1v) is 9.17. The zero-order chi connectivity index (χ0) is 20.8. The molecule has 0 spiro atoms. The van der Waals surface area contributed by atoms with Gasteiger partial charge in [-0.25, -0.2) is 9.88 Å². The fourth-order valence-corrected chi connectivity index (χ4v) is 3.70. The van der Waals surface area contributed by atoms with E-state index in [-0.39, 0.29) is 11.1 Å². The number of amides is 2. The summed E-state index contributed by atoms with van der Waals surface area (Å²) in [5.74, 6) is -0.0624. The molecule has 0 radical (unpaired) electrons. The summed E-state index contributed by atoms with van der Waals surface area (Å²) in [7, 11) is 2.99. The number of hydrogen-bond donors (Lipinski definition) is 1. The Morgan fingerprint density at radius 1 is 0.967 bits per heavy atom. The molecule has 148 valence electrons. The number of carbonyl (C=O) groups excluding carboxylic acids is 2. The van der Waals surface area contributed by atoms with Crippen molar-refractivity contribution in [2.75, 3.05) is 19.1 Å². The number of imide groups is 1. The van der Waals surface area contributed by atoms with Crippen LogP contribution in [0.4, 0.5) is 5.69 Å². The van der Waals surface area contributed by atoms with E-state index in [1.165, 1.54) is 20.4 Å². The van der Waals surface area contributed by atoms with E-state index in [0.717, 1.165) is 10.5 Å². The van der Waals surface area contributed by atoms with Gasteiger partial charge >= 0.3 is 0 Å². The highest BCUT2D eigenvalue weighted by atomic mass is 16.5. The Morgan fingerprint density at radius 2 is 1.77 bits per heavy atom. The molecule has 0 saturated heterocycles. The Hall–Kier alpha value is -4.20. The molecule has 4 aromatic rings. The predicted octanol–water partition coefficient (Wildman–Crippen LogP) is 3.44. The van der Waals surface area contributed by atoms with Crippen molar-refractivity contribution >= 4 is 28.5 Å². The average molecular weight is 400 g/mol.